The summed E-state index contributed by atoms with van der Waals surface area (Å²) in [6, 6.07) is 0. The Balaban J connectivity index is 2.20. The van der Waals surface area contributed by atoms with Crippen molar-refractivity contribution in [2.45, 2.75) is 31.2 Å². The lowest BCUT2D eigenvalue weighted by Gasteiger charge is -2.36. The van der Waals surface area contributed by atoms with Crippen LogP contribution in [0.25, 0.3) is 0 Å². The van der Waals surface area contributed by atoms with Crippen LogP contribution in [-0.4, -0.2) is 16.6 Å². The summed E-state index contributed by atoms with van der Waals surface area (Å²) in [5, 5.41) is 9.02. The molecule has 0 saturated heterocycles. The molecule has 0 heterocycles. The molecular weight excluding hydrogens is 178 g/mol. The summed E-state index contributed by atoms with van der Waals surface area (Å²) in [5.74, 6) is -0.331. The van der Waals surface area contributed by atoms with Crippen molar-refractivity contribution in [2.75, 3.05) is 0 Å². The van der Waals surface area contributed by atoms with E-state index in [1.165, 1.54) is 5.57 Å². The van der Waals surface area contributed by atoms with Crippen LogP contribution in [0.15, 0.2) is 23.8 Å². The molecule has 76 valence electrons. The van der Waals surface area contributed by atoms with E-state index in [4.69, 9.17) is 10.8 Å². The third kappa shape index (κ3) is 1.48. The first-order chi connectivity index (χ1) is 6.62. The number of carboxylic acid groups (broad SMARTS) is 1. The summed E-state index contributed by atoms with van der Waals surface area (Å²) in [6.45, 7) is 0. The second kappa shape index (κ2) is 3.24. The molecule has 3 heteroatoms. The molecule has 1 saturated carbocycles. The van der Waals surface area contributed by atoms with Crippen LogP contribution in [0.4, 0.5) is 0 Å². The number of carbonyl (C=O) groups is 1. The highest BCUT2D eigenvalue weighted by Crippen LogP contribution is 2.38. The lowest BCUT2D eigenvalue weighted by atomic mass is 9.71. The lowest BCUT2D eigenvalue weighted by Crippen LogP contribution is -2.51. The van der Waals surface area contributed by atoms with E-state index >= 15 is 0 Å². The van der Waals surface area contributed by atoms with E-state index in [-0.39, 0.29) is 0 Å². The van der Waals surface area contributed by atoms with Gasteiger partial charge in [0.05, 0.1) is 0 Å². The lowest BCUT2D eigenvalue weighted by molar-refractivity contribution is -0.144. The molecule has 0 aromatic heterocycles. The average molecular weight is 193 g/mol. The highest BCUT2D eigenvalue weighted by molar-refractivity contribution is 5.79. The standard InChI is InChI=1S/C11H15NO2/c12-11(10(13)14)6-5-8-3-1-2-4-9(8)7-11/h1-2,4,8H,3,5-7,12H2,(H,13,14)/t8?,11-/m1/s1. The number of rotatable bonds is 1. The molecule has 0 aliphatic heterocycles. The first-order valence-electron chi connectivity index (χ1n) is 5.00. The minimum Gasteiger partial charge on any atom is -0.480 e. The van der Waals surface area contributed by atoms with Gasteiger partial charge in [0, 0.05) is 0 Å². The van der Waals surface area contributed by atoms with E-state index in [0.717, 1.165) is 12.8 Å². The van der Waals surface area contributed by atoms with Crippen LogP contribution >= 0.6 is 0 Å². The Kier molecular flexibility index (Phi) is 2.19. The Morgan fingerprint density at radius 2 is 2.43 bits per heavy atom. The molecule has 1 unspecified atom stereocenters. The third-order valence-corrected chi connectivity index (χ3v) is 3.28. The molecule has 3 nitrogen and oxygen atoms in total. The van der Waals surface area contributed by atoms with Crippen molar-refractivity contribution >= 4 is 5.97 Å². The molecule has 2 atom stereocenters. The van der Waals surface area contributed by atoms with Gasteiger partial charge in [-0.2, -0.15) is 0 Å². The van der Waals surface area contributed by atoms with Crippen molar-refractivity contribution in [2.24, 2.45) is 11.7 Å². The number of allylic oxidation sites excluding steroid dienone is 3. The van der Waals surface area contributed by atoms with Crippen molar-refractivity contribution in [3.8, 4) is 0 Å². The molecule has 0 aromatic carbocycles. The van der Waals surface area contributed by atoms with Gasteiger partial charge in [-0.3, -0.25) is 4.79 Å². The summed E-state index contributed by atoms with van der Waals surface area (Å²) in [4.78, 5) is 11.0. The van der Waals surface area contributed by atoms with Crippen molar-refractivity contribution in [1.29, 1.82) is 0 Å². The van der Waals surface area contributed by atoms with Crippen molar-refractivity contribution in [3.63, 3.8) is 0 Å². The van der Waals surface area contributed by atoms with Crippen molar-refractivity contribution in [3.05, 3.63) is 23.8 Å². The number of fused-ring (bicyclic) bond motifs is 1. The topological polar surface area (TPSA) is 63.3 Å². The van der Waals surface area contributed by atoms with Gasteiger partial charge in [-0.1, -0.05) is 23.8 Å². The molecule has 2 aliphatic carbocycles. The fourth-order valence-electron chi connectivity index (χ4n) is 2.30. The van der Waals surface area contributed by atoms with Gasteiger partial charge in [0.25, 0.3) is 0 Å². The molecule has 3 N–H and O–H groups in total. The minimum absolute atomic E-state index is 0.511. The van der Waals surface area contributed by atoms with E-state index in [1.54, 1.807) is 0 Å². The number of hydrogen-bond acceptors (Lipinski definition) is 2. The highest BCUT2D eigenvalue weighted by atomic mass is 16.4. The predicted molar refractivity (Wildman–Crippen MR) is 53.7 cm³/mol. The molecule has 0 bridgehead atoms. The van der Waals surface area contributed by atoms with Gasteiger partial charge in [0.2, 0.25) is 0 Å². The minimum atomic E-state index is -1.02. The molecule has 0 radical (unpaired) electrons. The van der Waals surface area contributed by atoms with Gasteiger partial charge in [0.1, 0.15) is 5.54 Å². The first-order valence-corrected chi connectivity index (χ1v) is 5.00. The third-order valence-electron chi connectivity index (χ3n) is 3.28. The van der Waals surface area contributed by atoms with Crippen molar-refractivity contribution in [1.82, 2.24) is 0 Å². The zero-order chi connectivity index (χ0) is 10.2. The second-order valence-electron chi connectivity index (χ2n) is 4.28. The fraction of sp³-hybridized carbons (Fsp3) is 0.545. The molecule has 0 spiro atoms. The predicted octanol–water partition coefficient (Wildman–Crippen LogP) is 1.45. The average Bonchev–Trinajstić information content (AvgIpc) is 2.17. The monoisotopic (exact) mass is 193 g/mol. The Morgan fingerprint density at radius 1 is 1.64 bits per heavy atom. The molecule has 0 amide bonds. The smallest absolute Gasteiger partial charge is 0.324 e. The Hall–Kier alpha value is -1.09. The summed E-state index contributed by atoms with van der Waals surface area (Å²) in [7, 11) is 0. The van der Waals surface area contributed by atoms with Crippen LogP contribution in [0.3, 0.4) is 0 Å². The van der Waals surface area contributed by atoms with Crippen LogP contribution in [0.1, 0.15) is 25.7 Å². The Labute approximate surface area is 83.3 Å². The number of nitrogens with two attached hydrogens (primary N) is 1. The van der Waals surface area contributed by atoms with Gasteiger partial charge in [-0.15, -0.1) is 0 Å². The first kappa shape index (κ1) is 9.46. The molecule has 2 rings (SSSR count). The van der Waals surface area contributed by atoms with Crippen LogP contribution in [0.5, 0.6) is 0 Å². The van der Waals surface area contributed by atoms with E-state index in [2.05, 4.69) is 6.08 Å². The van der Waals surface area contributed by atoms with Crippen LogP contribution < -0.4 is 5.73 Å². The van der Waals surface area contributed by atoms with Gasteiger partial charge in [0.15, 0.2) is 0 Å². The molecular formula is C11H15NO2. The van der Waals surface area contributed by atoms with Crippen LogP contribution in [0, 0.1) is 5.92 Å². The summed E-state index contributed by atoms with van der Waals surface area (Å²) >= 11 is 0. The van der Waals surface area contributed by atoms with Crippen molar-refractivity contribution < 1.29 is 9.90 Å². The summed E-state index contributed by atoms with van der Waals surface area (Å²) in [6.07, 6.45) is 9.21. The fourth-order valence-corrected chi connectivity index (χ4v) is 2.30. The summed E-state index contributed by atoms with van der Waals surface area (Å²) in [5.41, 5.74) is 6.04. The maximum absolute atomic E-state index is 11.0. The largest absolute Gasteiger partial charge is 0.480 e. The Morgan fingerprint density at radius 3 is 3.14 bits per heavy atom. The van der Waals surface area contributed by atoms with Crippen LogP contribution in [-0.2, 0) is 4.79 Å². The molecule has 1 fully saturated rings. The van der Waals surface area contributed by atoms with E-state index in [9.17, 15) is 4.79 Å². The molecule has 14 heavy (non-hydrogen) atoms. The zero-order valence-corrected chi connectivity index (χ0v) is 8.07. The van der Waals surface area contributed by atoms with E-state index < -0.39 is 11.5 Å². The maximum Gasteiger partial charge on any atom is 0.324 e. The van der Waals surface area contributed by atoms with Gasteiger partial charge in [-0.05, 0) is 31.6 Å². The summed E-state index contributed by atoms with van der Waals surface area (Å²) < 4.78 is 0. The second-order valence-corrected chi connectivity index (χ2v) is 4.28. The maximum atomic E-state index is 11.0. The SMILES string of the molecule is N[C@]1(C(=O)O)CCC2CC=CC=C2C1. The Bertz CT molecular complexity index is 319. The van der Waals surface area contributed by atoms with E-state index in [1.807, 2.05) is 12.2 Å². The quantitative estimate of drug-likeness (QED) is 0.662. The highest BCUT2D eigenvalue weighted by Gasteiger charge is 2.40. The van der Waals surface area contributed by atoms with Gasteiger partial charge >= 0.3 is 5.97 Å². The van der Waals surface area contributed by atoms with Gasteiger partial charge in [-0.25, -0.2) is 0 Å². The normalized spacial score (nSPS) is 36.1. The molecule has 2 aliphatic rings. The number of aliphatic carboxylic acids is 1. The van der Waals surface area contributed by atoms with E-state index in [0.29, 0.717) is 18.8 Å². The van der Waals surface area contributed by atoms with Gasteiger partial charge < -0.3 is 10.8 Å². The number of hydrogen-bond donors (Lipinski definition) is 2. The zero-order valence-electron chi connectivity index (χ0n) is 8.07. The van der Waals surface area contributed by atoms with Crippen LogP contribution in [0.2, 0.25) is 0 Å². The number of carboxylic acids is 1. The molecule has 0 aromatic rings.